The SMILES string of the molecule is Cn1cc(C(N)=O)c(Nc2ccc(Cl)c(C(F)(F)F)c2)cc1=O. The third-order valence-electron chi connectivity index (χ3n) is 3.04. The molecule has 1 amide bonds. The lowest BCUT2D eigenvalue weighted by Gasteiger charge is -2.14. The lowest BCUT2D eigenvalue weighted by molar-refractivity contribution is -0.137. The third-order valence-corrected chi connectivity index (χ3v) is 3.37. The first-order valence-corrected chi connectivity index (χ1v) is 6.61. The zero-order valence-electron chi connectivity index (χ0n) is 11.7. The van der Waals surface area contributed by atoms with Crippen molar-refractivity contribution in [2.45, 2.75) is 6.18 Å². The summed E-state index contributed by atoms with van der Waals surface area (Å²) in [6.45, 7) is 0. The number of nitrogens with two attached hydrogens (primary N) is 1. The Morgan fingerprint density at radius 1 is 1.30 bits per heavy atom. The number of aromatic nitrogens is 1. The molecule has 122 valence electrons. The Morgan fingerprint density at radius 2 is 1.96 bits per heavy atom. The van der Waals surface area contributed by atoms with Crippen LogP contribution in [-0.2, 0) is 13.2 Å². The first kappa shape index (κ1) is 16.9. The highest BCUT2D eigenvalue weighted by Crippen LogP contribution is 2.36. The smallest absolute Gasteiger partial charge is 0.365 e. The van der Waals surface area contributed by atoms with E-state index in [-0.39, 0.29) is 16.9 Å². The number of nitrogens with zero attached hydrogens (tertiary/aromatic N) is 1. The number of halogens is 4. The summed E-state index contributed by atoms with van der Waals surface area (Å²) < 4.78 is 39.7. The minimum atomic E-state index is -4.63. The van der Waals surface area contributed by atoms with Crippen molar-refractivity contribution in [3.8, 4) is 0 Å². The number of hydrogen-bond donors (Lipinski definition) is 2. The molecule has 9 heteroatoms. The van der Waals surface area contributed by atoms with Gasteiger partial charge in [-0.3, -0.25) is 9.59 Å². The number of nitrogens with one attached hydrogen (secondary N) is 1. The van der Waals surface area contributed by atoms with Gasteiger partial charge in [-0.25, -0.2) is 0 Å². The van der Waals surface area contributed by atoms with Crippen LogP contribution in [0, 0.1) is 0 Å². The van der Waals surface area contributed by atoms with Crippen molar-refractivity contribution in [3.05, 3.63) is 57.0 Å². The molecule has 5 nitrogen and oxygen atoms in total. The fourth-order valence-corrected chi connectivity index (χ4v) is 2.13. The van der Waals surface area contributed by atoms with Gasteiger partial charge >= 0.3 is 6.18 Å². The molecule has 1 aromatic heterocycles. The van der Waals surface area contributed by atoms with Gasteiger partial charge in [-0.1, -0.05) is 11.6 Å². The van der Waals surface area contributed by atoms with Crippen LogP contribution in [0.3, 0.4) is 0 Å². The molecule has 2 aromatic rings. The van der Waals surface area contributed by atoms with E-state index >= 15 is 0 Å². The first-order chi connectivity index (χ1) is 10.6. The van der Waals surface area contributed by atoms with Crippen LogP contribution in [-0.4, -0.2) is 10.5 Å². The Balaban J connectivity index is 2.50. The van der Waals surface area contributed by atoms with Crippen molar-refractivity contribution in [3.63, 3.8) is 0 Å². The molecule has 0 radical (unpaired) electrons. The highest BCUT2D eigenvalue weighted by Gasteiger charge is 2.33. The molecular weight excluding hydrogens is 335 g/mol. The van der Waals surface area contributed by atoms with Crippen LogP contribution in [0.2, 0.25) is 5.02 Å². The molecule has 0 atom stereocenters. The normalized spacial score (nSPS) is 11.3. The Labute approximate surface area is 133 Å². The first-order valence-electron chi connectivity index (χ1n) is 6.24. The van der Waals surface area contributed by atoms with Crippen LogP contribution in [0.5, 0.6) is 0 Å². The number of pyridine rings is 1. The van der Waals surface area contributed by atoms with E-state index in [9.17, 15) is 22.8 Å². The van der Waals surface area contributed by atoms with Gasteiger partial charge in [0, 0.05) is 25.0 Å². The Bertz CT molecular complexity index is 831. The second-order valence-corrected chi connectivity index (χ2v) is 5.14. The quantitative estimate of drug-likeness (QED) is 0.898. The van der Waals surface area contributed by atoms with E-state index in [0.717, 1.165) is 22.8 Å². The van der Waals surface area contributed by atoms with Crippen LogP contribution < -0.4 is 16.6 Å². The molecule has 0 aliphatic rings. The monoisotopic (exact) mass is 345 g/mol. The van der Waals surface area contributed by atoms with Gasteiger partial charge in [0.2, 0.25) is 0 Å². The molecule has 0 saturated carbocycles. The molecule has 0 aliphatic heterocycles. The second-order valence-electron chi connectivity index (χ2n) is 4.73. The Morgan fingerprint density at radius 3 is 2.52 bits per heavy atom. The summed E-state index contributed by atoms with van der Waals surface area (Å²) >= 11 is 5.54. The number of benzene rings is 1. The van der Waals surface area contributed by atoms with Crippen molar-refractivity contribution in [1.29, 1.82) is 0 Å². The maximum atomic E-state index is 12.9. The number of aryl methyl sites for hydroxylation is 1. The summed E-state index contributed by atoms with van der Waals surface area (Å²) in [4.78, 5) is 23.1. The summed E-state index contributed by atoms with van der Waals surface area (Å²) in [5.74, 6) is -0.826. The number of amides is 1. The van der Waals surface area contributed by atoms with E-state index in [4.69, 9.17) is 17.3 Å². The predicted octanol–water partition coefficient (Wildman–Crippen LogP) is 2.90. The number of primary amides is 1. The maximum Gasteiger partial charge on any atom is 0.417 e. The number of rotatable bonds is 3. The van der Waals surface area contributed by atoms with Crippen molar-refractivity contribution in [1.82, 2.24) is 4.57 Å². The van der Waals surface area contributed by atoms with Gasteiger partial charge in [0.15, 0.2) is 0 Å². The standard InChI is InChI=1S/C14H11ClF3N3O2/c1-21-6-8(13(19)23)11(5-12(21)22)20-7-2-3-10(15)9(4-7)14(16,17)18/h2-6,20H,1H3,(H2,19,23). The van der Waals surface area contributed by atoms with Gasteiger partial charge in [-0.05, 0) is 18.2 Å². The molecule has 0 aliphatic carbocycles. The van der Waals surface area contributed by atoms with Crippen LogP contribution >= 0.6 is 11.6 Å². The van der Waals surface area contributed by atoms with Crippen LogP contribution in [0.4, 0.5) is 24.5 Å². The number of hydrogen-bond acceptors (Lipinski definition) is 3. The molecule has 3 N–H and O–H groups in total. The fraction of sp³-hybridized carbons (Fsp3) is 0.143. The highest BCUT2D eigenvalue weighted by atomic mass is 35.5. The summed E-state index contributed by atoms with van der Waals surface area (Å²) in [7, 11) is 1.42. The van der Waals surface area contributed by atoms with E-state index in [1.807, 2.05) is 0 Å². The molecule has 0 bridgehead atoms. The zero-order chi connectivity index (χ0) is 17.4. The van der Waals surface area contributed by atoms with Crippen LogP contribution in [0.25, 0.3) is 0 Å². The lowest BCUT2D eigenvalue weighted by Crippen LogP contribution is -2.22. The second kappa shape index (κ2) is 5.96. The van der Waals surface area contributed by atoms with Gasteiger partial charge in [0.1, 0.15) is 0 Å². The molecule has 23 heavy (non-hydrogen) atoms. The Hall–Kier alpha value is -2.48. The topological polar surface area (TPSA) is 77.1 Å². The molecule has 0 spiro atoms. The average Bonchev–Trinajstić information content (AvgIpc) is 2.43. The molecule has 2 rings (SSSR count). The van der Waals surface area contributed by atoms with E-state index in [0.29, 0.717) is 0 Å². The van der Waals surface area contributed by atoms with E-state index < -0.39 is 28.2 Å². The molecule has 1 heterocycles. The van der Waals surface area contributed by atoms with Crippen LogP contribution in [0.15, 0.2) is 35.3 Å². The van der Waals surface area contributed by atoms with Gasteiger partial charge in [0.05, 0.1) is 21.8 Å². The molecule has 1 aromatic carbocycles. The summed E-state index contributed by atoms with van der Waals surface area (Å²) in [5, 5.41) is 2.13. The number of anilines is 2. The minimum Gasteiger partial charge on any atom is -0.365 e. The molecule has 0 fully saturated rings. The molecule has 0 saturated heterocycles. The average molecular weight is 346 g/mol. The number of carbonyl (C=O) groups excluding carboxylic acids is 1. The number of alkyl halides is 3. The minimum absolute atomic E-state index is 0.0102. The van der Waals surface area contributed by atoms with E-state index in [1.165, 1.54) is 19.3 Å². The molecular formula is C14H11ClF3N3O2. The Kier molecular flexibility index (Phi) is 4.37. The fourth-order valence-electron chi connectivity index (χ4n) is 1.91. The van der Waals surface area contributed by atoms with Gasteiger partial charge in [-0.2, -0.15) is 13.2 Å². The van der Waals surface area contributed by atoms with Gasteiger partial charge < -0.3 is 15.6 Å². The summed E-state index contributed by atoms with van der Waals surface area (Å²) in [6.07, 6.45) is -3.43. The maximum absolute atomic E-state index is 12.9. The van der Waals surface area contributed by atoms with Crippen LogP contribution in [0.1, 0.15) is 15.9 Å². The lowest BCUT2D eigenvalue weighted by atomic mass is 10.1. The van der Waals surface area contributed by atoms with E-state index in [1.54, 1.807) is 0 Å². The van der Waals surface area contributed by atoms with Crippen molar-refractivity contribution >= 4 is 28.9 Å². The highest BCUT2D eigenvalue weighted by molar-refractivity contribution is 6.31. The summed E-state index contributed by atoms with van der Waals surface area (Å²) in [5.41, 5.74) is 3.72. The van der Waals surface area contributed by atoms with Crippen molar-refractivity contribution in [2.24, 2.45) is 12.8 Å². The molecule has 0 unspecified atom stereocenters. The zero-order valence-corrected chi connectivity index (χ0v) is 12.5. The van der Waals surface area contributed by atoms with Crippen molar-refractivity contribution in [2.75, 3.05) is 5.32 Å². The predicted molar refractivity (Wildman–Crippen MR) is 79.9 cm³/mol. The van der Waals surface area contributed by atoms with Crippen molar-refractivity contribution < 1.29 is 18.0 Å². The third kappa shape index (κ3) is 3.65. The summed E-state index contributed by atoms with van der Waals surface area (Å²) in [6, 6.07) is 4.21. The number of carbonyl (C=O) groups is 1. The van der Waals surface area contributed by atoms with E-state index in [2.05, 4.69) is 5.32 Å². The van der Waals surface area contributed by atoms with Gasteiger partial charge in [0.25, 0.3) is 11.5 Å². The largest absolute Gasteiger partial charge is 0.417 e. The van der Waals surface area contributed by atoms with Gasteiger partial charge in [-0.15, -0.1) is 0 Å².